The van der Waals surface area contributed by atoms with E-state index in [1.165, 1.54) is 0 Å². The van der Waals surface area contributed by atoms with Gasteiger partial charge in [0.05, 0.1) is 19.2 Å². The lowest BCUT2D eigenvalue weighted by Gasteiger charge is -2.37. The Hall–Kier alpha value is -2.57. The number of piperidine rings is 1. The lowest BCUT2D eigenvalue weighted by atomic mass is 9.90. The molecule has 0 aromatic carbocycles. The molecule has 30 heavy (non-hydrogen) atoms. The quantitative estimate of drug-likeness (QED) is 0.343. The van der Waals surface area contributed by atoms with Crippen LogP contribution in [0.1, 0.15) is 39.5 Å². The molecule has 0 bridgehead atoms. The fourth-order valence-corrected chi connectivity index (χ4v) is 3.96. The van der Waals surface area contributed by atoms with Gasteiger partial charge in [-0.05, 0) is 44.1 Å². The van der Waals surface area contributed by atoms with Crippen LogP contribution in [0, 0.1) is 0 Å². The van der Waals surface area contributed by atoms with Crippen molar-refractivity contribution in [1.82, 2.24) is 9.80 Å². The van der Waals surface area contributed by atoms with Gasteiger partial charge in [0.2, 0.25) is 0 Å². The van der Waals surface area contributed by atoms with E-state index in [0.717, 1.165) is 44.5 Å². The van der Waals surface area contributed by atoms with Gasteiger partial charge in [0.15, 0.2) is 0 Å². The van der Waals surface area contributed by atoms with E-state index < -0.39 is 5.60 Å². The number of likely N-dealkylation sites (tertiary alicyclic amines) is 1. The number of rotatable bonds is 8. The number of esters is 1. The fourth-order valence-electron chi connectivity index (χ4n) is 3.96. The molecule has 1 spiro atoms. The standard InChI is InChI=1S/C22H31N3O5/c1-3-28-20(26)6-5-13-24-14-11-22(12-15-24)17-25(21(27)30-22)19-9-7-18(8-10-19)16-23-29-4-2/h7-10,19H,3-6,11-15,17H2,1-2H3. The van der Waals surface area contributed by atoms with Gasteiger partial charge >= 0.3 is 12.1 Å². The van der Waals surface area contributed by atoms with Gasteiger partial charge in [0, 0.05) is 43.8 Å². The van der Waals surface area contributed by atoms with Crippen LogP contribution in [0.4, 0.5) is 4.79 Å². The molecular formula is C22H31N3O5. The number of allylic oxidation sites excluding steroid dienone is 3. The number of nitrogens with zero attached hydrogens (tertiary/aromatic N) is 3. The van der Waals surface area contributed by atoms with Crippen molar-refractivity contribution in [2.75, 3.05) is 39.4 Å². The predicted molar refractivity (Wildman–Crippen MR) is 112 cm³/mol. The molecule has 2 aliphatic heterocycles. The van der Waals surface area contributed by atoms with E-state index in [1.807, 2.05) is 38.2 Å². The van der Waals surface area contributed by atoms with Crippen LogP contribution < -0.4 is 0 Å². The van der Waals surface area contributed by atoms with E-state index in [9.17, 15) is 9.59 Å². The first kappa shape index (κ1) is 22.1. The van der Waals surface area contributed by atoms with Crippen molar-refractivity contribution in [3.63, 3.8) is 0 Å². The summed E-state index contributed by atoms with van der Waals surface area (Å²) >= 11 is 0. The maximum atomic E-state index is 12.5. The zero-order valence-electron chi connectivity index (χ0n) is 17.8. The van der Waals surface area contributed by atoms with Crippen LogP contribution in [0.25, 0.3) is 0 Å². The molecule has 0 unspecified atom stereocenters. The normalized spacial score (nSPS) is 22.7. The second kappa shape index (κ2) is 10.5. The predicted octanol–water partition coefficient (Wildman–Crippen LogP) is 2.66. The summed E-state index contributed by atoms with van der Waals surface area (Å²) in [6.07, 6.45) is 10.3. The molecule has 0 saturated carbocycles. The summed E-state index contributed by atoms with van der Waals surface area (Å²) in [6, 6.07) is -0.128. The highest BCUT2D eigenvalue weighted by molar-refractivity contribution is 5.73. The molecule has 3 rings (SSSR count). The molecule has 0 aromatic rings. The molecule has 1 aliphatic carbocycles. The van der Waals surface area contributed by atoms with Crippen LogP contribution in [0.5, 0.6) is 0 Å². The van der Waals surface area contributed by atoms with Gasteiger partial charge in [-0.3, -0.25) is 9.69 Å². The number of amides is 1. The maximum Gasteiger partial charge on any atom is 0.411 e. The topological polar surface area (TPSA) is 80.7 Å². The van der Waals surface area contributed by atoms with Gasteiger partial charge in [-0.2, -0.15) is 0 Å². The Morgan fingerprint density at radius 1 is 1.27 bits per heavy atom. The molecule has 2 saturated heterocycles. The van der Waals surface area contributed by atoms with E-state index >= 15 is 0 Å². The molecule has 2 fully saturated rings. The third-order valence-electron chi connectivity index (χ3n) is 5.60. The average molecular weight is 418 g/mol. The minimum atomic E-state index is -0.414. The van der Waals surface area contributed by atoms with Crippen molar-refractivity contribution in [2.24, 2.45) is 5.16 Å². The third-order valence-corrected chi connectivity index (χ3v) is 5.60. The Kier molecular flexibility index (Phi) is 7.71. The summed E-state index contributed by atoms with van der Waals surface area (Å²) in [5, 5.41) is 3.74. The summed E-state index contributed by atoms with van der Waals surface area (Å²) < 4.78 is 10.8. The minimum absolute atomic E-state index is 0.128. The van der Waals surface area contributed by atoms with Crippen molar-refractivity contribution >= 4 is 17.9 Å². The lowest BCUT2D eigenvalue weighted by molar-refractivity contribution is -0.143. The van der Waals surface area contributed by atoms with E-state index in [0.29, 0.717) is 26.2 Å². The summed E-state index contributed by atoms with van der Waals surface area (Å²) in [6.45, 7) is 7.79. The summed E-state index contributed by atoms with van der Waals surface area (Å²) in [5.74, 6) is 2.68. The number of hydrogen-bond acceptors (Lipinski definition) is 7. The highest BCUT2D eigenvalue weighted by atomic mass is 16.6. The molecule has 1 amide bonds. The molecule has 2 heterocycles. The molecule has 164 valence electrons. The van der Waals surface area contributed by atoms with Gasteiger partial charge in [-0.1, -0.05) is 12.2 Å². The van der Waals surface area contributed by atoms with Crippen LogP contribution >= 0.6 is 0 Å². The monoisotopic (exact) mass is 417 g/mol. The Bertz CT molecular complexity index is 730. The second-order valence-corrected chi connectivity index (χ2v) is 7.71. The molecule has 0 aromatic heterocycles. The molecule has 8 nitrogen and oxygen atoms in total. The van der Waals surface area contributed by atoms with Crippen molar-refractivity contribution in [3.05, 3.63) is 29.9 Å². The third kappa shape index (κ3) is 5.74. The number of carbonyl (C=O) groups is 2. The Morgan fingerprint density at radius 3 is 2.67 bits per heavy atom. The van der Waals surface area contributed by atoms with E-state index in [4.69, 9.17) is 14.3 Å². The van der Waals surface area contributed by atoms with Crippen molar-refractivity contribution in [1.29, 1.82) is 0 Å². The van der Waals surface area contributed by atoms with E-state index in [1.54, 1.807) is 4.90 Å². The van der Waals surface area contributed by atoms with Crippen LogP contribution in [-0.2, 0) is 19.1 Å². The Morgan fingerprint density at radius 2 is 2.00 bits per heavy atom. The van der Waals surface area contributed by atoms with Crippen LogP contribution in [0.15, 0.2) is 35.0 Å². The average Bonchev–Trinajstić information content (AvgIpc) is 3.06. The SMILES string of the molecule is CCON=C=C1C=CC(N2CC3(CCN(CCCC(=O)OCC)CC3)OC2=O)C=C1. The smallest absolute Gasteiger partial charge is 0.411 e. The van der Waals surface area contributed by atoms with Gasteiger partial charge in [0.1, 0.15) is 12.2 Å². The highest BCUT2D eigenvalue weighted by Crippen LogP contribution is 2.35. The van der Waals surface area contributed by atoms with Crippen molar-refractivity contribution in [2.45, 2.75) is 51.2 Å². The van der Waals surface area contributed by atoms with Gasteiger partial charge in [0.25, 0.3) is 0 Å². The molecule has 0 atom stereocenters. The number of carbonyl (C=O) groups excluding carboxylic acids is 2. The zero-order valence-corrected chi connectivity index (χ0v) is 17.8. The Balaban J connectivity index is 1.47. The first-order valence-corrected chi connectivity index (χ1v) is 10.7. The largest absolute Gasteiger partial charge is 0.466 e. The second-order valence-electron chi connectivity index (χ2n) is 7.71. The molecular weight excluding hydrogens is 386 g/mol. The summed E-state index contributed by atoms with van der Waals surface area (Å²) in [7, 11) is 0. The fraction of sp³-hybridized carbons (Fsp3) is 0.636. The zero-order chi connectivity index (χ0) is 21.4. The number of ether oxygens (including phenoxy) is 2. The maximum absolute atomic E-state index is 12.5. The van der Waals surface area contributed by atoms with Crippen LogP contribution in [0.2, 0.25) is 0 Å². The van der Waals surface area contributed by atoms with Crippen LogP contribution in [0.3, 0.4) is 0 Å². The highest BCUT2D eigenvalue weighted by Gasteiger charge is 2.48. The molecule has 0 N–H and O–H groups in total. The molecule has 3 aliphatic rings. The van der Waals surface area contributed by atoms with Crippen molar-refractivity contribution < 1.29 is 23.9 Å². The Labute approximate surface area is 177 Å². The molecule has 8 heteroatoms. The lowest BCUT2D eigenvalue weighted by Crippen LogP contribution is -2.47. The minimum Gasteiger partial charge on any atom is -0.466 e. The number of hydrogen-bond donors (Lipinski definition) is 0. The summed E-state index contributed by atoms with van der Waals surface area (Å²) in [5.41, 5.74) is 0.390. The van der Waals surface area contributed by atoms with Crippen molar-refractivity contribution in [3.8, 4) is 0 Å². The molecule has 0 radical (unpaired) electrons. The summed E-state index contributed by atoms with van der Waals surface area (Å²) in [4.78, 5) is 33.0. The first-order valence-electron chi connectivity index (χ1n) is 10.7. The van der Waals surface area contributed by atoms with E-state index in [2.05, 4.69) is 15.9 Å². The van der Waals surface area contributed by atoms with Crippen LogP contribution in [-0.4, -0.2) is 78.8 Å². The van der Waals surface area contributed by atoms with Gasteiger partial charge < -0.3 is 19.2 Å². The van der Waals surface area contributed by atoms with Gasteiger partial charge in [-0.25, -0.2) is 4.79 Å². The van der Waals surface area contributed by atoms with Gasteiger partial charge in [-0.15, -0.1) is 0 Å². The van der Waals surface area contributed by atoms with E-state index in [-0.39, 0.29) is 18.1 Å². The first-order chi connectivity index (χ1) is 14.5.